The van der Waals surface area contributed by atoms with E-state index in [9.17, 15) is 22.4 Å². The molecule has 1 atom stereocenters. The molecule has 0 spiro atoms. The first-order valence-electron chi connectivity index (χ1n) is 11.2. The number of amides is 1. The van der Waals surface area contributed by atoms with Gasteiger partial charge in [0.2, 0.25) is 15.9 Å². The largest absolute Gasteiger partial charge is 0.462 e. The Labute approximate surface area is 197 Å². The zero-order chi connectivity index (χ0) is 23.6. The number of benzene rings is 1. The number of sulfonamides is 1. The summed E-state index contributed by atoms with van der Waals surface area (Å²) in [5.74, 6) is -1.81. The van der Waals surface area contributed by atoms with E-state index in [-0.39, 0.29) is 24.0 Å². The lowest BCUT2D eigenvalue weighted by Gasteiger charge is -2.31. The number of rotatable bonds is 6. The molecule has 0 radical (unpaired) electrons. The Balaban J connectivity index is 1.53. The molecule has 7 nitrogen and oxygen atoms in total. The highest BCUT2D eigenvalue weighted by atomic mass is 32.2. The van der Waals surface area contributed by atoms with Gasteiger partial charge in [0.05, 0.1) is 23.0 Å². The van der Waals surface area contributed by atoms with Crippen molar-refractivity contribution in [2.75, 3.05) is 25.0 Å². The van der Waals surface area contributed by atoms with E-state index in [1.54, 1.807) is 6.92 Å². The average molecular weight is 495 g/mol. The van der Waals surface area contributed by atoms with Crippen LogP contribution in [0.3, 0.4) is 0 Å². The molecule has 0 bridgehead atoms. The molecule has 33 heavy (non-hydrogen) atoms. The normalized spacial score (nSPS) is 19.0. The van der Waals surface area contributed by atoms with E-state index in [1.807, 2.05) is 0 Å². The first-order chi connectivity index (χ1) is 15.8. The molecule has 0 unspecified atom stereocenters. The van der Waals surface area contributed by atoms with Crippen LogP contribution in [0.1, 0.15) is 53.4 Å². The van der Waals surface area contributed by atoms with Crippen molar-refractivity contribution in [1.29, 1.82) is 0 Å². The summed E-state index contributed by atoms with van der Waals surface area (Å²) in [4.78, 5) is 26.9. The molecule has 0 saturated carbocycles. The van der Waals surface area contributed by atoms with Crippen molar-refractivity contribution in [3.05, 3.63) is 46.1 Å². The maximum atomic E-state index is 13.2. The minimum atomic E-state index is -3.83. The minimum absolute atomic E-state index is 0.000451. The van der Waals surface area contributed by atoms with Gasteiger partial charge in [-0.3, -0.25) is 4.79 Å². The topological polar surface area (TPSA) is 92.8 Å². The maximum absolute atomic E-state index is 13.2. The number of thiophene rings is 1. The number of hydrogen-bond acceptors (Lipinski definition) is 6. The molecule has 10 heteroatoms. The Bertz CT molecular complexity index is 1140. The standard InChI is InChI=1S/C23H27FN2O5S2/c1-2-31-23(28)20-18-7-3-4-8-19(18)32-22(20)25-21(27)15-6-5-13-26(14-15)33(29,30)17-11-9-16(24)10-12-17/h9-12,15H,2-8,13-14H2,1H3,(H,25,27)/t15-/m0/s1. The summed E-state index contributed by atoms with van der Waals surface area (Å²) in [7, 11) is -3.83. The Kier molecular flexibility index (Phi) is 7.16. The summed E-state index contributed by atoms with van der Waals surface area (Å²) < 4.78 is 45.7. The molecule has 1 fully saturated rings. The molecule has 1 aliphatic heterocycles. The van der Waals surface area contributed by atoms with Crippen molar-refractivity contribution < 1.29 is 27.1 Å². The van der Waals surface area contributed by atoms with Crippen molar-refractivity contribution in [1.82, 2.24) is 4.31 Å². The van der Waals surface area contributed by atoms with Crippen LogP contribution in [0, 0.1) is 11.7 Å². The number of anilines is 1. The summed E-state index contributed by atoms with van der Waals surface area (Å²) in [5, 5.41) is 3.39. The maximum Gasteiger partial charge on any atom is 0.341 e. The minimum Gasteiger partial charge on any atom is -0.462 e. The monoisotopic (exact) mass is 494 g/mol. The predicted octanol–water partition coefficient (Wildman–Crippen LogP) is 3.98. The predicted molar refractivity (Wildman–Crippen MR) is 123 cm³/mol. The first-order valence-corrected chi connectivity index (χ1v) is 13.4. The highest BCUT2D eigenvalue weighted by Crippen LogP contribution is 2.39. The summed E-state index contributed by atoms with van der Waals surface area (Å²) >= 11 is 1.41. The van der Waals surface area contributed by atoms with Gasteiger partial charge in [-0.15, -0.1) is 11.3 Å². The molecule has 2 aliphatic rings. The number of fused-ring (bicyclic) bond motifs is 1. The fourth-order valence-electron chi connectivity index (χ4n) is 4.42. The van der Waals surface area contributed by atoms with E-state index in [4.69, 9.17) is 4.74 Å². The van der Waals surface area contributed by atoms with E-state index < -0.39 is 27.7 Å². The quantitative estimate of drug-likeness (QED) is 0.613. The molecule has 1 aromatic carbocycles. The molecule has 4 rings (SSSR count). The Morgan fingerprint density at radius 1 is 1.18 bits per heavy atom. The van der Waals surface area contributed by atoms with Crippen LogP contribution in [-0.4, -0.2) is 44.3 Å². The summed E-state index contributed by atoms with van der Waals surface area (Å²) in [6, 6.07) is 4.68. The number of halogens is 1. The van der Waals surface area contributed by atoms with Gasteiger partial charge in [0.15, 0.2) is 0 Å². The molecular weight excluding hydrogens is 467 g/mol. The Morgan fingerprint density at radius 3 is 2.64 bits per heavy atom. The van der Waals surface area contributed by atoms with E-state index in [1.165, 1.54) is 27.8 Å². The van der Waals surface area contributed by atoms with Gasteiger partial charge in [0, 0.05) is 18.0 Å². The highest BCUT2D eigenvalue weighted by Gasteiger charge is 2.35. The Morgan fingerprint density at radius 2 is 1.91 bits per heavy atom. The van der Waals surface area contributed by atoms with Crippen LogP contribution in [0.25, 0.3) is 0 Å². The SMILES string of the molecule is CCOC(=O)c1c(NC(=O)[C@H]2CCCN(S(=O)(=O)c3ccc(F)cc3)C2)sc2c1CCCC2. The van der Waals surface area contributed by atoms with Crippen LogP contribution < -0.4 is 5.32 Å². The smallest absolute Gasteiger partial charge is 0.341 e. The van der Waals surface area contributed by atoms with Gasteiger partial charge in [-0.05, 0) is 75.3 Å². The number of nitrogens with one attached hydrogen (secondary N) is 1. The van der Waals surface area contributed by atoms with Crippen LogP contribution in [0.15, 0.2) is 29.2 Å². The van der Waals surface area contributed by atoms with Crippen molar-refractivity contribution in [3.8, 4) is 0 Å². The summed E-state index contributed by atoms with van der Waals surface area (Å²) in [6.45, 7) is 2.32. The second-order valence-corrected chi connectivity index (χ2v) is 11.3. The molecule has 1 aliphatic carbocycles. The third kappa shape index (κ3) is 4.97. The number of hydrogen-bond donors (Lipinski definition) is 1. The average Bonchev–Trinajstić information content (AvgIpc) is 3.17. The first kappa shape index (κ1) is 23.8. The third-order valence-electron chi connectivity index (χ3n) is 6.09. The van der Waals surface area contributed by atoms with Gasteiger partial charge in [-0.1, -0.05) is 0 Å². The van der Waals surface area contributed by atoms with Gasteiger partial charge in [0.25, 0.3) is 0 Å². The van der Waals surface area contributed by atoms with Crippen molar-refractivity contribution in [2.24, 2.45) is 5.92 Å². The van der Waals surface area contributed by atoms with Gasteiger partial charge in [-0.25, -0.2) is 17.6 Å². The van der Waals surface area contributed by atoms with E-state index in [0.717, 1.165) is 48.3 Å². The van der Waals surface area contributed by atoms with Gasteiger partial charge >= 0.3 is 5.97 Å². The molecule has 1 amide bonds. The number of piperidine rings is 1. The van der Waals surface area contributed by atoms with Gasteiger partial charge < -0.3 is 10.1 Å². The van der Waals surface area contributed by atoms with Crippen LogP contribution in [0.5, 0.6) is 0 Å². The van der Waals surface area contributed by atoms with Crippen LogP contribution in [-0.2, 0) is 32.4 Å². The summed E-state index contributed by atoms with van der Waals surface area (Å²) in [5.41, 5.74) is 1.40. The zero-order valence-corrected chi connectivity index (χ0v) is 20.1. The molecule has 1 saturated heterocycles. The number of aryl methyl sites for hydroxylation is 1. The zero-order valence-electron chi connectivity index (χ0n) is 18.4. The number of ether oxygens (including phenoxy) is 1. The molecular formula is C23H27FN2O5S2. The lowest BCUT2D eigenvalue weighted by Crippen LogP contribution is -2.43. The lowest BCUT2D eigenvalue weighted by molar-refractivity contribution is -0.120. The van der Waals surface area contributed by atoms with Crippen molar-refractivity contribution in [3.63, 3.8) is 0 Å². The highest BCUT2D eigenvalue weighted by molar-refractivity contribution is 7.89. The van der Waals surface area contributed by atoms with Gasteiger partial charge in [0.1, 0.15) is 10.8 Å². The van der Waals surface area contributed by atoms with Crippen molar-refractivity contribution in [2.45, 2.75) is 50.3 Å². The fourth-order valence-corrected chi connectivity index (χ4v) is 7.22. The van der Waals surface area contributed by atoms with Gasteiger partial charge in [-0.2, -0.15) is 4.31 Å². The molecule has 2 heterocycles. The number of carbonyl (C=O) groups is 2. The fraction of sp³-hybridized carbons (Fsp3) is 0.478. The van der Waals surface area contributed by atoms with E-state index in [0.29, 0.717) is 30.0 Å². The summed E-state index contributed by atoms with van der Waals surface area (Å²) in [6.07, 6.45) is 4.76. The van der Waals surface area contributed by atoms with E-state index in [2.05, 4.69) is 5.32 Å². The molecule has 2 aromatic rings. The van der Waals surface area contributed by atoms with Crippen molar-refractivity contribution >= 4 is 38.2 Å². The van der Waals surface area contributed by atoms with Crippen LogP contribution in [0.4, 0.5) is 9.39 Å². The third-order valence-corrected chi connectivity index (χ3v) is 9.18. The Hall–Kier alpha value is -2.30. The number of esters is 1. The molecule has 178 valence electrons. The van der Waals surface area contributed by atoms with E-state index >= 15 is 0 Å². The van der Waals surface area contributed by atoms with Crippen LogP contribution >= 0.6 is 11.3 Å². The van der Waals surface area contributed by atoms with Crippen LogP contribution in [0.2, 0.25) is 0 Å². The second-order valence-electron chi connectivity index (χ2n) is 8.28. The number of nitrogens with zero attached hydrogens (tertiary/aromatic N) is 1. The number of carbonyl (C=O) groups excluding carboxylic acids is 2. The second kappa shape index (κ2) is 9.90. The lowest BCUT2D eigenvalue weighted by atomic mass is 9.95. The molecule has 1 aromatic heterocycles. The molecule has 1 N–H and O–H groups in total.